The van der Waals surface area contributed by atoms with Crippen LogP contribution in [0.3, 0.4) is 0 Å². The first-order chi connectivity index (χ1) is 11.7. The molecule has 132 valence electrons. The minimum absolute atomic E-state index is 0.0830. The van der Waals surface area contributed by atoms with Crippen LogP contribution < -0.4 is 5.32 Å². The zero-order valence-corrected chi connectivity index (χ0v) is 17.1. The van der Waals surface area contributed by atoms with Crippen LogP contribution in [0.25, 0.3) is 0 Å². The van der Waals surface area contributed by atoms with Gasteiger partial charge in [-0.1, -0.05) is 32.0 Å². The summed E-state index contributed by atoms with van der Waals surface area (Å²) >= 11 is 2.26. The number of halogens is 1. The fraction of sp³-hybridized carbons (Fsp3) is 0.400. The molecule has 25 heavy (non-hydrogen) atoms. The van der Waals surface area contributed by atoms with Crippen molar-refractivity contribution in [2.24, 2.45) is 5.41 Å². The molecule has 0 spiro atoms. The molecule has 0 fully saturated rings. The highest BCUT2D eigenvalue weighted by Crippen LogP contribution is 2.47. The number of esters is 1. The molecule has 4 nitrogen and oxygen atoms in total. The molecular weight excluding hydrogens is 429 g/mol. The van der Waals surface area contributed by atoms with Crippen molar-refractivity contribution in [3.63, 3.8) is 0 Å². The molecule has 1 aliphatic carbocycles. The van der Waals surface area contributed by atoms with E-state index in [4.69, 9.17) is 4.74 Å². The molecule has 0 radical (unpaired) electrons. The van der Waals surface area contributed by atoms with Gasteiger partial charge in [-0.2, -0.15) is 0 Å². The molecule has 0 bridgehead atoms. The van der Waals surface area contributed by atoms with Crippen LogP contribution in [0.2, 0.25) is 0 Å². The molecule has 1 unspecified atom stereocenters. The van der Waals surface area contributed by atoms with E-state index in [1.807, 2.05) is 31.2 Å². The monoisotopic (exact) mass is 451 g/mol. The lowest BCUT2D eigenvalue weighted by Gasteiger charge is -2.39. The van der Waals surface area contributed by atoms with E-state index in [0.717, 1.165) is 32.5 Å². The zero-order valence-electron chi connectivity index (χ0n) is 14.9. The summed E-state index contributed by atoms with van der Waals surface area (Å²) in [4.78, 5) is 25.6. The van der Waals surface area contributed by atoms with Crippen LogP contribution in [-0.4, -0.2) is 18.9 Å². The maximum atomic E-state index is 13.0. The van der Waals surface area contributed by atoms with Crippen LogP contribution in [0.15, 0.2) is 46.8 Å². The number of allylic oxidation sites excluding steroid dienone is 3. The van der Waals surface area contributed by atoms with E-state index < -0.39 is 0 Å². The highest BCUT2D eigenvalue weighted by Gasteiger charge is 2.43. The Morgan fingerprint density at radius 1 is 1.28 bits per heavy atom. The summed E-state index contributed by atoms with van der Waals surface area (Å²) in [5, 5.41) is 3.32. The Balaban J connectivity index is 2.24. The van der Waals surface area contributed by atoms with Crippen molar-refractivity contribution in [2.45, 2.75) is 39.5 Å². The van der Waals surface area contributed by atoms with Crippen molar-refractivity contribution in [3.8, 4) is 0 Å². The Bertz CT molecular complexity index is 820. The molecule has 1 aromatic rings. The van der Waals surface area contributed by atoms with Gasteiger partial charge in [-0.05, 0) is 53.0 Å². The molecular formula is C20H22INO3. The molecule has 0 amide bonds. The SMILES string of the molecule is COC(=O)C1=C(C)NC2=C(C(=O)CC(C)(C)C2)C1c1ccccc1I. The second-order valence-corrected chi connectivity index (χ2v) is 8.61. The van der Waals surface area contributed by atoms with Gasteiger partial charge in [-0.25, -0.2) is 4.79 Å². The fourth-order valence-corrected chi connectivity index (χ4v) is 4.54. The largest absolute Gasteiger partial charge is 0.466 e. The average Bonchev–Trinajstić information content (AvgIpc) is 2.52. The van der Waals surface area contributed by atoms with Crippen LogP contribution in [0.4, 0.5) is 0 Å². The molecule has 0 aromatic heterocycles. The number of carbonyl (C=O) groups is 2. The van der Waals surface area contributed by atoms with E-state index in [9.17, 15) is 9.59 Å². The quantitative estimate of drug-likeness (QED) is 0.544. The summed E-state index contributed by atoms with van der Waals surface area (Å²) in [5.41, 5.74) is 3.84. The normalized spacial score (nSPS) is 22.4. The number of dihydropyridines is 1. The molecule has 1 aliphatic heterocycles. The summed E-state index contributed by atoms with van der Waals surface area (Å²) in [6, 6.07) is 7.90. The van der Waals surface area contributed by atoms with E-state index in [0.29, 0.717) is 12.0 Å². The third kappa shape index (κ3) is 3.26. The number of benzene rings is 1. The summed E-state index contributed by atoms with van der Waals surface area (Å²) in [5.74, 6) is -0.656. The topological polar surface area (TPSA) is 55.4 Å². The second kappa shape index (κ2) is 6.59. The van der Waals surface area contributed by atoms with Crippen molar-refractivity contribution in [1.29, 1.82) is 0 Å². The van der Waals surface area contributed by atoms with Gasteiger partial charge < -0.3 is 10.1 Å². The number of nitrogens with one attached hydrogen (secondary N) is 1. The molecule has 2 aliphatic rings. The lowest BCUT2D eigenvalue weighted by atomic mass is 9.68. The van der Waals surface area contributed by atoms with Crippen molar-refractivity contribution in [2.75, 3.05) is 7.11 Å². The highest BCUT2D eigenvalue weighted by atomic mass is 127. The van der Waals surface area contributed by atoms with Crippen molar-refractivity contribution in [1.82, 2.24) is 5.32 Å². The third-order valence-corrected chi connectivity index (χ3v) is 5.84. The Morgan fingerprint density at radius 3 is 2.60 bits per heavy atom. The van der Waals surface area contributed by atoms with E-state index in [2.05, 4.69) is 41.8 Å². The predicted octanol–water partition coefficient (Wildman–Crippen LogP) is 4.07. The molecule has 1 heterocycles. The maximum absolute atomic E-state index is 13.0. The highest BCUT2D eigenvalue weighted by molar-refractivity contribution is 14.1. The first kappa shape index (κ1) is 18.2. The minimum atomic E-state index is -0.390. The van der Waals surface area contributed by atoms with Gasteiger partial charge >= 0.3 is 5.97 Å². The summed E-state index contributed by atoms with van der Waals surface area (Å²) in [6.45, 7) is 6.09. The van der Waals surface area contributed by atoms with Gasteiger partial charge in [0.1, 0.15) is 0 Å². The van der Waals surface area contributed by atoms with Crippen molar-refractivity contribution < 1.29 is 14.3 Å². The van der Waals surface area contributed by atoms with Crippen molar-refractivity contribution >= 4 is 34.3 Å². The molecule has 1 atom stereocenters. The van der Waals surface area contributed by atoms with Gasteiger partial charge in [0.2, 0.25) is 0 Å². The summed E-state index contributed by atoms with van der Waals surface area (Å²) in [7, 11) is 1.38. The number of carbonyl (C=O) groups excluding carboxylic acids is 2. The molecule has 1 N–H and O–H groups in total. The Hall–Kier alpha value is -1.63. The van der Waals surface area contributed by atoms with Gasteiger partial charge in [0.05, 0.1) is 12.7 Å². The van der Waals surface area contributed by atoms with Gasteiger partial charge in [0.25, 0.3) is 0 Å². The molecule has 1 aromatic carbocycles. The number of Topliss-reactive ketones (excluding diaryl/α,β-unsaturated/α-hetero) is 1. The summed E-state index contributed by atoms with van der Waals surface area (Å²) in [6.07, 6.45) is 1.28. The van der Waals surface area contributed by atoms with Crippen LogP contribution >= 0.6 is 22.6 Å². The first-order valence-electron chi connectivity index (χ1n) is 8.32. The van der Waals surface area contributed by atoms with Crippen LogP contribution in [0.1, 0.15) is 45.1 Å². The van der Waals surface area contributed by atoms with Gasteiger partial charge in [-0.3, -0.25) is 4.79 Å². The Labute approximate surface area is 161 Å². The number of methoxy groups -OCH3 is 1. The smallest absolute Gasteiger partial charge is 0.336 e. The van der Waals surface area contributed by atoms with E-state index in [-0.39, 0.29) is 23.1 Å². The van der Waals surface area contributed by atoms with Gasteiger partial charge in [0.15, 0.2) is 5.78 Å². The van der Waals surface area contributed by atoms with E-state index in [1.165, 1.54) is 7.11 Å². The van der Waals surface area contributed by atoms with Gasteiger partial charge in [0, 0.05) is 32.9 Å². The Kier molecular flexibility index (Phi) is 4.79. The van der Waals surface area contributed by atoms with Crippen LogP contribution in [0, 0.1) is 8.99 Å². The van der Waals surface area contributed by atoms with Gasteiger partial charge in [-0.15, -0.1) is 0 Å². The molecule has 3 rings (SSSR count). The zero-order chi connectivity index (χ0) is 18.4. The first-order valence-corrected chi connectivity index (χ1v) is 9.40. The Morgan fingerprint density at radius 2 is 1.96 bits per heavy atom. The fourth-order valence-electron chi connectivity index (χ4n) is 3.84. The predicted molar refractivity (Wildman–Crippen MR) is 105 cm³/mol. The van der Waals surface area contributed by atoms with Crippen LogP contribution in [0.5, 0.6) is 0 Å². The number of ether oxygens (including phenoxy) is 1. The second-order valence-electron chi connectivity index (χ2n) is 7.44. The number of hydrogen-bond acceptors (Lipinski definition) is 4. The molecule has 0 saturated heterocycles. The number of hydrogen-bond donors (Lipinski definition) is 1. The van der Waals surface area contributed by atoms with Crippen molar-refractivity contribution in [3.05, 3.63) is 55.9 Å². The maximum Gasteiger partial charge on any atom is 0.336 e. The molecule has 0 saturated carbocycles. The van der Waals surface area contributed by atoms with E-state index >= 15 is 0 Å². The minimum Gasteiger partial charge on any atom is -0.466 e. The third-order valence-electron chi connectivity index (χ3n) is 4.86. The average molecular weight is 451 g/mol. The molecule has 5 heteroatoms. The van der Waals surface area contributed by atoms with Crippen LogP contribution in [-0.2, 0) is 14.3 Å². The lowest BCUT2D eigenvalue weighted by molar-refractivity contribution is -0.136. The van der Waals surface area contributed by atoms with E-state index in [1.54, 1.807) is 0 Å². The number of rotatable bonds is 2. The lowest BCUT2D eigenvalue weighted by Crippen LogP contribution is -2.38. The standard InChI is InChI=1S/C20H22INO3/c1-11-16(19(24)25-4)17(12-7-5-6-8-13(12)21)18-14(22-11)9-20(2,3)10-15(18)23/h5-8,17,22H,9-10H2,1-4H3. The summed E-state index contributed by atoms with van der Waals surface area (Å²) < 4.78 is 6.07. The number of ketones is 1.